The van der Waals surface area contributed by atoms with Crippen molar-refractivity contribution in [3.63, 3.8) is 0 Å². The van der Waals surface area contributed by atoms with Gasteiger partial charge in [0.05, 0.1) is 17.7 Å². The highest BCUT2D eigenvalue weighted by atomic mass is 16.5. The molecule has 0 aromatic carbocycles. The largest absolute Gasteiger partial charge is 0.481 e. The number of ether oxygens (including phenoxy) is 1. The second-order valence-electron chi connectivity index (χ2n) is 7.49. The highest BCUT2D eigenvalue weighted by molar-refractivity contribution is 5.75. The summed E-state index contributed by atoms with van der Waals surface area (Å²) >= 11 is 0. The molecule has 0 radical (unpaired) electrons. The fourth-order valence-corrected chi connectivity index (χ4v) is 3.89. The summed E-state index contributed by atoms with van der Waals surface area (Å²) in [7, 11) is 0. The lowest BCUT2D eigenvalue weighted by atomic mass is 9.86. The number of carbonyl (C=O) groups excluding carboxylic acids is 1. The average molecular weight is 364 g/mol. The first-order valence-electron chi connectivity index (χ1n) is 9.40. The van der Waals surface area contributed by atoms with Gasteiger partial charge in [0.15, 0.2) is 0 Å². The molecule has 2 aliphatic rings. The number of aromatic nitrogens is 2. The third-order valence-corrected chi connectivity index (χ3v) is 5.30. The van der Waals surface area contributed by atoms with E-state index in [9.17, 15) is 9.59 Å². The summed E-state index contributed by atoms with van der Waals surface area (Å²) in [6, 6.07) is 1.89. The fourth-order valence-electron chi connectivity index (χ4n) is 3.89. The minimum atomic E-state index is -0.736. The third-order valence-electron chi connectivity index (χ3n) is 5.30. The molecule has 1 saturated carbocycles. The maximum atomic E-state index is 12.4. The predicted octanol–water partition coefficient (Wildman–Crippen LogP) is 2.24. The van der Waals surface area contributed by atoms with E-state index in [1.54, 1.807) is 6.20 Å². The number of amides is 2. The molecule has 1 aromatic heterocycles. The zero-order chi connectivity index (χ0) is 18.7. The number of carbonyl (C=O) groups is 2. The quantitative estimate of drug-likeness (QED) is 0.743. The van der Waals surface area contributed by atoms with Crippen LogP contribution in [0.3, 0.4) is 0 Å². The SMILES string of the molecule is CC(C)n1nccc1[C@H]1OCC[C@@H]1NC(=O)NC1CCC(C(=O)O)CC1. The molecule has 0 unspecified atom stereocenters. The van der Waals surface area contributed by atoms with Gasteiger partial charge in [0.2, 0.25) is 0 Å². The summed E-state index contributed by atoms with van der Waals surface area (Å²) in [6.07, 6.45) is 4.95. The second-order valence-corrected chi connectivity index (χ2v) is 7.49. The van der Waals surface area contributed by atoms with Crippen molar-refractivity contribution in [3.8, 4) is 0 Å². The lowest BCUT2D eigenvalue weighted by Crippen LogP contribution is -2.48. The van der Waals surface area contributed by atoms with Crippen molar-refractivity contribution < 1.29 is 19.4 Å². The van der Waals surface area contributed by atoms with Crippen LogP contribution in [-0.2, 0) is 9.53 Å². The van der Waals surface area contributed by atoms with Crippen molar-refractivity contribution in [3.05, 3.63) is 18.0 Å². The van der Waals surface area contributed by atoms with E-state index in [0.717, 1.165) is 12.1 Å². The van der Waals surface area contributed by atoms with E-state index in [-0.39, 0.29) is 36.2 Å². The molecule has 0 spiro atoms. The lowest BCUT2D eigenvalue weighted by molar-refractivity contribution is -0.142. The van der Waals surface area contributed by atoms with Crippen molar-refractivity contribution in [1.82, 2.24) is 20.4 Å². The van der Waals surface area contributed by atoms with Gasteiger partial charge in [0, 0.05) is 24.9 Å². The van der Waals surface area contributed by atoms with Crippen LogP contribution in [0.2, 0.25) is 0 Å². The van der Waals surface area contributed by atoms with Crippen molar-refractivity contribution >= 4 is 12.0 Å². The molecule has 1 saturated heterocycles. The second kappa shape index (κ2) is 8.07. The number of carboxylic acids is 1. The van der Waals surface area contributed by atoms with Gasteiger partial charge in [-0.05, 0) is 52.0 Å². The fraction of sp³-hybridized carbons (Fsp3) is 0.722. The number of urea groups is 1. The highest BCUT2D eigenvalue weighted by Gasteiger charge is 2.34. The van der Waals surface area contributed by atoms with Gasteiger partial charge >= 0.3 is 12.0 Å². The molecule has 144 valence electrons. The number of rotatable bonds is 5. The Bertz CT molecular complexity index is 637. The van der Waals surface area contributed by atoms with E-state index in [4.69, 9.17) is 9.84 Å². The summed E-state index contributed by atoms with van der Waals surface area (Å²) in [5.41, 5.74) is 0.977. The number of hydrogen-bond acceptors (Lipinski definition) is 4. The van der Waals surface area contributed by atoms with Gasteiger partial charge in [-0.2, -0.15) is 5.10 Å². The Labute approximate surface area is 153 Å². The Morgan fingerprint density at radius 2 is 1.96 bits per heavy atom. The number of carboxylic acid groups (broad SMARTS) is 1. The Balaban J connectivity index is 1.54. The number of nitrogens with one attached hydrogen (secondary N) is 2. The van der Waals surface area contributed by atoms with E-state index in [2.05, 4.69) is 29.6 Å². The number of hydrogen-bond donors (Lipinski definition) is 3. The smallest absolute Gasteiger partial charge is 0.315 e. The maximum absolute atomic E-state index is 12.4. The summed E-state index contributed by atoms with van der Waals surface area (Å²) < 4.78 is 7.79. The van der Waals surface area contributed by atoms with Gasteiger partial charge in [-0.1, -0.05) is 0 Å². The molecule has 1 aliphatic heterocycles. The molecule has 2 heterocycles. The van der Waals surface area contributed by atoms with Crippen LogP contribution in [0.5, 0.6) is 0 Å². The van der Waals surface area contributed by atoms with Crippen LogP contribution in [0.15, 0.2) is 12.3 Å². The topological polar surface area (TPSA) is 105 Å². The van der Waals surface area contributed by atoms with E-state index >= 15 is 0 Å². The molecular weight excluding hydrogens is 336 g/mol. The van der Waals surface area contributed by atoms with Gasteiger partial charge in [-0.3, -0.25) is 9.48 Å². The zero-order valence-corrected chi connectivity index (χ0v) is 15.4. The van der Waals surface area contributed by atoms with Crippen LogP contribution >= 0.6 is 0 Å². The molecule has 1 aliphatic carbocycles. The average Bonchev–Trinajstić information content (AvgIpc) is 3.23. The van der Waals surface area contributed by atoms with Crippen molar-refractivity contribution in [2.75, 3.05) is 6.61 Å². The van der Waals surface area contributed by atoms with Crippen LogP contribution in [0, 0.1) is 5.92 Å². The van der Waals surface area contributed by atoms with Gasteiger partial charge in [0.1, 0.15) is 6.10 Å². The van der Waals surface area contributed by atoms with Crippen molar-refractivity contribution in [2.45, 2.75) is 70.2 Å². The Morgan fingerprint density at radius 1 is 1.23 bits per heavy atom. The zero-order valence-electron chi connectivity index (χ0n) is 15.4. The molecule has 3 rings (SSSR count). The van der Waals surface area contributed by atoms with E-state index in [1.165, 1.54) is 0 Å². The molecule has 8 heteroatoms. The molecular formula is C18H28N4O4. The predicted molar refractivity (Wildman–Crippen MR) is 94.8 cm³/mol. The molecule has 2 atom stereocenters. The van der Waals surface area contributed by atoms with Crippen molar-refractivity contribution in [1.29, 1.82) is 0 Å². The molecule has 0 bridgehead atoms. The molecule has 26 heavy (non-hydrogen) atoms. The van der Waals surface area contributed by atoms with Gasteiger partial charge in [0.25, 0.3) is 0 Å². The molecule has 2 amide bonds. The number of nitrogens with zero attached hydrogens (tertiary/aromatic N) is 2. The van der Waals surface area contributed by atoms with Crippen LogP contribution in [0.4, 0.5) is 4.79 Å². The van der Waals surface area contributed by atoms with Gasteiger partial charge < -0.3 is 20.5 Å². The monoisotopic (exact) mass is 364 g/mol. The first-order chi connectivity index (χ1) is 12.5. The molecule has 1 aromatic rings. The standard InChI is InChI=1S/C18H28N4O4/c1-11(2)22-15(7-9-19-22)16-14(8-10-26-16)21-18(25)20-13-5-3-12(4-6-13)17(23)24/h7,9,11-14,16H,3-6,8,10H2,1-2H3,(H,23,24)(H2,20,21,25)/t12?,13?,14-,16-/m0/s1. The van der Waals surface area contributed by atoms with E-state index in [0.29, 0.717) is 32.3 Å². The first-order valence-corrected chi connectivity index (χ1v) is 9.40. The summed E-state index contributed by atoms with van der Waals surface area (Å²) in [4.78, 5) is 23.4. The first kappa shape index (κ1) is 18.7. The molecule has 3 N–H and O–H groups in total. The van der Waals surface area contributed by atoms with Crippen LogP contribution in [0.1, 0.15) is 63.8 Å². The van der Waals surface area contributed by atoms with E-state index in [1.807, 2.05) is 10.7 Å². The summed E-state index contributed by atoms with van der Waals surface area (Å²) in [5, 5.41) is 19.4. The lowest BCUT2D eigenvalue weighted by Gasteiger charge is -2.28. The van der Waals surface area contributed by atoms with Crippen LogP contribution in [0.25, 0.3) is 0 Å². The van der Waals surface area contributed by atoms with Crippen molar-refractivity contribution in [2.24, 2.45) is 5.92 Å². The molecule has 8 nitrogen and oxygen atoms in total. The summed E-state index contributed by atoms with van der Waals surface area (Å²) in [6.45, 7) is 4.73. The minimum Gasteiger partial charge on any atom is -0.481 e. The van der Waals surface area contributed by atoms with Gasteiger partial charge in [-0.25, -0.2) is 4.79 Å². The van der Waals surface area contributed by atoms with E-state index < -0.39 is 5.97 Å². The Hall–Kier alpha value is -2.09. The molecule has 2 fully saturated rings. The summed E-state index contributed by atoms with van der Waals surface area (Å²) in [5.74, 6) is -1.01. The number of aliphatic carboxylic acids is 1. The van der Waals surface area contributed by atoms with Gasteiger partial charge in [-0.15, -0.1) is 0 Å². The Morgan fingerprint density at radius 3 is 2.62 bits per heavy atom. The highest BCUT2D eigenvalue weighted by Crippen LogP contribution is 2.30. The minimum absolute atomic E-state index is 0.0348. The third kappa shape index (κ3) is 4.17. The Kier molecular flexibility index (Phi) is 5.80. The van der Waals surface area contributed by atoms with Crippen LogP contribution in [-0.4, -0.2) is 45.6 Å². The maximum Gasteiger partial charge on any atom is 0.315 e. The van der Waals surface area contributed by atoms with Crippen LogP contribution < -0.4 is 10.6 Å². The normalized spacial score (nSPS) is 28.9.